The van der Waals surface area contributed by atoms with E-state index in [1.165, 1.54) is 25.7 Å². The molecule has 186 valence electrons. The van der Waals surface area contributed by atoms with Gasteiger partial charge in [0.25, 0.3) is 5.95 Å². The molecule has 0 aliphatic heterocycles. The normalized spacial score (nSPS) is 15.6. The van der Waals surface area contributed by atoms with Crippen molar-refractivity contribution in [3.8, 4) is 17.4 Å². The van der Waals surface area contributed by atoms with Crippen LogP contribution in [0, 0.1) is 0 Å². The molecule has 11 nitrogen and oxygen atoms in total. The molecule has 0 saturated carbocycles. The van der Waals surface area contributed by atoms with Crippen LogP contribution in [-0.4, -0.2) is 59.9 Å². The number of nitrogens with one attached hydrogen (secondary N) is 1. The van der Waals surface area contributed by atoms with Gasteiger partial charge in [-0.05, 0) is 19.9 Å². The lowest BCUT2D eigenvalue weighted by Crippen LogP contribution is -2.32. The molecule has 3 aromatic heterocycles. The Morgan fingerprint density at radius 2 is 1.97 bits per heavy atom. The van der Waals surface area contributed by atoms with E-state index in [1.807, 2.05) is 20.8 Å². The Morgan fingerprint density at radius 1 is 1.26 bits per heavy atom. The van der Waals surface area contributed by atoms with Crippen molar-refractivity contribution in [1.29, 1.82) is 0 Å². The van der Waals surface area contributed by atoms with Crippen LogP contribution in [0.5, 0.6) is 5.88 Å². The van der Waals surface area contributed by atoms with Gasteiger partial charge < -0.3 is 15.0 Å². The molecule has 0 fully saturated rings. The number of pyridine rings is 1. The second kappa shape index (κ2) is 12.0. The lowest BCUT2D eigenvalue weighted by atomic mass is 10.1. The zero-order chi connectivity index (χ0) is 25.5. The average molecular weight is 518 g/mol. The molecule has 0 radical (unpaired) electrons. The molecule has 3 aromatic rings. The molecule has 0 bridgehead atoms. The molecule has 0 saturated heterocycles. The zero-order valence-corrected chi connectivity index (χ0v) is 21.7. The van der Waals surface area contributed by atoms with E-state index in [9.17, 15) is 4.55 Å². The number of anilines is 1. The average Bonchev–Trinajstić information content (AvgIpc) is 3.29. The minimum Gasteiger partial charge on any atom is -0.593 e. The van der Waals surface area contributed by atoms with Crippen molar-refractivity contribution < 1.29 is 9.29 Å². The summed E-state index contributed by atoms with van der Waals surface area (Å²) in [6.07, 6.45) is 6.15. The van der Waals surface area contributed by atoms with Gasteiger partial charge in [0.15, 0.2) is 5.82 Å². The SMILES string of the molecule is CN=CC(=CN)C(C)n1c(N[S+]([O-])C(C)C(C)c2ncc(Cl)cn2)nnc1-c1cccc(OC)n1. The van der Waals surface area contributed by atoms with Gasteiger partial charge in [-0.2, -0.15) is 4.72 Å². The summed E-state index contributed by atoms with van der Waals surface area (Å²) < 4.78 is 23.3. The Morgan fingerprint density at radius 3 is 2.60 bits per heavy atom. The first kappa shape index (κ1) is 26.4. The van der Waals surface area contributed by atoms with E-state index in [4.69, 9.17) is 22.1 Å². The first-order valence-corrected chi connectivity index (χ1v) is 12.3. The zero-order valence-electron chi connectivity index (χ0n) is 20.1. The van der Waals surface area contributed by atoms with Crippen LogP contribution < -0.4 is 15.2 Å². The maximum Gasteiger partial charge on any atom is 0.267 e. The van der Waals surface area contributed by atoms with Gasteiger partial charge in [0.2, 0.25) is 5.88 Å². The fourth-order valence-electron chi connectivity index (χ4n) is 3.28. The summed E-state index contributed by atoms with van der Waals surface area (Å²) in [6, 6.07) is 4.98. The molecule has 4 atom stereocenters. The summed E-state index contributed by atoms with van der Waals surface area (Å²) in [4.78, 5) is 17.1. The van der Waals surface area contributed by atoms with Crippen molar-refractivity contribution in [2.45, 2.75) is 38.0 Å². The van der Waals surface area contributed by atoms with Crippen LogP contribution in [0.3, 0.4) is 0 Å². The number of nitrogens with two attached hydrogens (primary N) is 1. The van der Waals surface area contributed by atoms with E-state index < -0.39 is 11.4 Å². The van der Waals surface area contributed by atoms with Crippen LogP contribution in [0.1, 0.15) is 38.6 Å². The van der Waals surface area contributed by atoms with Gasteiger partial charge in [0, 0.05) is 43.5 Å². The molecule has 0 spiro atoms. The highest BCUT2D eigenvalue weighted by atomic mass is 35.5. The number of aliphatic imine (C=N–C) groups is 1. The Bertz CT molecular complexity index is 1190. The molecule has 4 unspecified atom stereocenters. The summed E-state index contributed by atoms with van der Waals surface area (Å²) in [5.74, 6) is 1.48. The highest BCUT2D eigenvalue weighted by molar-refractivity contribution is 7.93. The standard InChI is InChI=1S/C22H28ClN9O2S/c1-13(20-26-11-17(23)12-27-20)15(3)35(33)31-22-30-29-21(18-7-6-8-19(28-18)34-5)32(22)14(2)16(9-24)10-25-4/h6-15H,24H2,1-5H3,(H,30,31). The largest absolute Gasteiger partial charge is 0.593 e. The first-order chi connectivity index (χ1) is 16.8. The minimum atomic E-state index is -1.56. The molecule has 0 amide bonds. The number of ether oxygens (including phenoxy) is 1. The Balaban J connectivity index is 1.97. The van der Waals surface area contributed by atoms with E-state index in [0.717, 1.165) is 0 Å². The van der Waals surface area contributed by atoms with Crippen LogP contribution in [0.25, 0.3) is 11.5 Å². The van der Waals surface area contributed by atoms with Crippen molar-refractivity contribution in [2.24, 2.45) is 10.7 Å². The number of methoxy groups -OCH3 is 1. The molecular weight excluding hydrogens is 490 g/mol. The highest BCUT2D eigenvalue weighted by Crippen LogP contribution is 2.30. The maximum absolute atomic E-state index is 13.3. The van der Waals surface area contributed by atoms with E-state index >= 15 is 0 Å². The van der Waals surface area contributed by atoms with Crippen LogP contribution in [0.2, 0.25) is 5.02 Å². The van der Waals surface area contributed by atoms with Crippen molar-refractivity contribution in [2.75, 3.05) is 18.9 Å². The smallest absolute Gasteiger partial charge is 0.267 e. The van der Waals surface area contributed by atoms with Gasteiger partial charge in [-0.15, -0.1) is 10.2 Å². The Hall–Kier alpha value is -3.22. The van der Waals surface area contributed by atoms with Crippen molar-refractivity contribution in [1.82, 2.24) is 29.7 Å². The predicted molar refractivity (Wildman–Crippen MR) is 138 cm³/mol. The van der Waals surface area contributed by atoms with Gasteiger partial charge >= 0.3 is 0 Å². The molecule has 13 heteroatoms. The topological polar surface area (TPSA) is 152 Å². The molecule has 3 heterocycles. The lowest BCUT2D eigenvalue weighted by Gasteiger charge is -2.24. The number of aromatic nitrogens is 6. The number of hydrogen-bond donors (Lipinski definition) is 2. The van der Waals surface area contributed by atoms with Crippen LogP contribution in [0.15, 0.2) is 47.4 Å². The molecule has 3 N–H and O–H groups in total. The molecular formula is C22H28ClN9O2S. The molecule has 3 rings (SSSR count). The predicted octanol–water partition coefficient (Wildman–Crippen LogP) is 3.16. The molecule has 0 aliphatic carbocycles. The summed E-state index contributed by atoms with van der Waals surface area (Å²) in [6.45, 7) is 5.66. The summed E-state index contributed by atoms with van der Waals surface area (Å²) >= 11 is 4.33. The van der Waals surface area contributed by atoms with E-state index in [0.29, 0.717) is 33.8 Å². The van der Waals surface area contributed by atoms with Crippen molar-refractivity contribution in [3.05, 3.63) is 53.2 Å². The van der Waals surface area contributed by atoms with Crippen LogP contribution in [-0.2, 0) is 11.4 Å². The van der Waals surface area contributed by atoms with E-state index in [-0.39, 0.29) is 23.2 Å². The summed E-state index contributed by atoms with van der Waals surface area (Å²) in [5, 5.41) is 8.68. The van der Waals surface area contributed by atoms with Gasteiger partial charge in [-0.25, -0.2) is 15.0 Å². The Labute approximate surface area is 212 Å². The van der Waals surface area contributed by atoms with Crippen LogP contribution in [0.4, 0.5) is 5.95 Å². The fourth-order valence-corrected chi connectivity index (χ4v) is 4.37. The number of hydrogen-bond acceptors (Lipinski definition) is 10. The molecule has 0 aliphatic rings. The molecule has 0 aromatic carbocycles. The number of allylic oxidation sites excluding steroid dienone is 1. The van der Waals surface area contributed by atoms with Gasteiger partial charge in [-0.1, -0.05) is 24.6 Å². The second-order valence-electron chi connectivity index (χ2n) is 7.67. The number of rotatable bonds is 10. The fraction of sp³-hybridized carbons (Fsp3) is 0.364. The maximum atomic E-state index is 13.3. The summed E-state index contributed by atoms with van der Waals surface area (Å²) in [5.41, 5.74) is 7.11. The number of nitrogens with zero attached hydrogens (tertiary/aromatic N) is 7. The van der Waals surface area contributed by atoms with Crippen molar-refractivity contribution in [3.63, 3.8) is 0 Å². The van der Waals surface area contributed by atoms with Gasteiger partial charge in [0.1, 0.15) is 16.8 Å². The van der Waals surface area contributed by atoms with Crippen LogP contribution >= 0.6 is 11.6 Å². The lowest BCUT2D eigenvalue weighted by molar-refractivity contribution is 0.398. The summed E-state index contributed by atoms with van der Waals surface area (Å²) in [7, 11) is 3.19. The van der Waals surface area contributed by atoms with E-state index in [1.54, 1.807) is 36.0 Å². The quantitative estimate of drug-likeness (QED) is 0.305. The Kier molecular flexibility index (Phi) is 9.01. The van der Waals surface area contributed by atoms with Crippen molar-refractivity contribution >= 4 is 35.1 Å². The third kappa shape index (κ3) is 6.08. The third-order valence-electron chi connectivity index (χ3n) is 5.48. The first-order valence-electron chi connectivity index (χ1n) is 10.8. The molecule has 35 heavy (non-hydrogen) atoms. The van der Waals surface area contributed by atoms with Gasteiger partial charge in [-0.3, -0.25) is 9.56 Å². The third-order valence-corrected chi connectivity index (χ3v) is 7.14. The van der Waals surface area contributed by atoms with E-state index in [2.05, 4.69) is 34.9 Å². The monoisotopic (exact) mass is 517 g/mol. The second-order valence-corrected chi connectivity index (χ2v) is 9.64. The number of halogens is 1. The minimum absolute atomic E-state index is 0.222. The van der Waals surface area contributed by atoms with Gasteiger partial charge in [0.05, 0.1) is 35.5 Å². The highest BCUT2D eigenvalue weighted by Gasteiger charge is 2.31.